The minimum absolute atomic E-state index is 0.256. The number of anilines is 1. The van der Waals surface area contributed by atoms with Crippen molar-refractivity contribution >= 4 is 17.5 Å². The van der Waals surface area contributed by atoms with Crippen molar-refractivity contribution in [1.29, 1.82) is 0 Å². The minimum Gasteiger partial charge on any atom is -0.349 e. The number of nitrogens with zero attached hydrogens (tertiary/aromatic N) is 6. The SMILES string of the molecule is Cc1cccc(N(C(=O)Cn2nnc(-c3ccc(F)cc3)n2)[C@H](C(=O)NC(C)(C)C)c2ccncc2)c1. The molecule has 2 heterocycles. The molecule has 2 amide bonds. The van der Waals surface area contributed by atoms with Crippen LogP contribution in [-0.4, -0.2) is 42.5 Å². The summed E-state index contributed by atoms with van der Waals surface area (Å²) in [5.74, 6) is -0.881. The number of carbonyl (C=O) groups excluding carboxylic acids is 2. The fourth-order valence-electron chi connectivity index (χ4n) is 3.84. The second-order valence-electron chi connectivity index (χ2n) is 9.68. The van der Waals surface area contributed by atoms with Gasteiger partial charge in [-0.1, -0.05) is 12.1 Å². The number of amides is 2. The second-order valence-corrected chi connectivity index (χ2v) is 9.68. The van der Waals surface area contributed by atoms with Crippen molar-refractivity contribution in [3.05, 3.63) is 90.0 Å². The summed E-state index contributed by atoms with van der Waals surface area (Å²) in [5, 5.41) is 15.3. The van der Waals surface area contributed by atoms with Crippen LogP contribution in [-0.2, 0) is 16.1 Å². The van der Waals surface area contributed by atoms with E-state index in [2.05, 4.69) is 25.7 Å². The average Bonchev–Trinajstić information content (AvgIpc) is 3.30. The molecule has 0 aliphatic rings. The number of benzene rings is 2. The lowest BCUT2D eigenvalue weighted by Gasteiger charge is -2.33. The van der Waals surface area contributed by atoms with Crippen molar-refractivity contribution in [2.75, 3.05) is 4.90 Å². The van der Waals surface area contributed by atoms with E-state index >= 15 is 0 Å². The van der Waals surface area contributed by atoms with E-state index in [1.54, 1.807) is 30.6 Å². The van der Waals surface area contributed by atoms with Gasteiger partial charge in [-0.2, -0.15) is 4.80 Å². The number of halogens is 1. The summed E-state index contributed by atoms with van der Waals surface area (Å²) in [5.41, 5.74) is 2.12. The Morgan fingerprint density at radius 2 is 1.76 bits per heavy atom. The maximum Gasteiger partial charge on any atom is 0.251 e. The molecule has 37 heavy (non-hydrogen) atoms. The highest BCUT2D eigenvalue weighted by Crippen LogP contribution is 2.29. The lowest BCUT2D eigenvalue weighted by atomic mass is 10.0. The Balaban J connectivity index is 1.72. The quantitative estimate of drug-likeness (QED) is 0.412. The van der Waals surface area contributed by atoms with Crippen molar-refractivity contribution in [2.45, 2.75) is 45.8 Å². The van der Waals surface area contributed by atoms with E-state index in [-0.39, 0.29) is 24.1 Å². The van der Waals surface area contributed by atoms with Crippen LogP contribution in [0.4, 0.5) is 10.1 Å². The third-order valence-electron chi connectivity index (χ3n) is 5.41. The first kappa shape index (κ1) is 25.6. The van der Waals surface area contributed by atoms with Gasteiger partial charge in [0.2, 0.25) is 11.7 Å². The first-order valence-electron chi connectivity index (χ1n) is 11.8. The molecule has 190 valence electrons. The van der Waals surface area contributed by atoms with Gasteiger partial charge >= 0.3 is 0 Å². The van der Waals surface area contributed by atoms with Crippen molar-refractivity contribution in [1.82, 2.24) is 30.5 Å². The zero-order chi connectivity index (χ0) is 26.6. The third kappa shape index (κ3) is 6.40. The lowest BCUT2D eigenvalue weighted by molar-refractivity contribution is -0.128. The van der Waals surface area contributed by atoms with Gasteiger partial charge < -0.3 is 5.32 Å². The summed E-state index contributed by atoms with van der Waals surface area (Å²) in [4.78, 5) is 34.2. The number of carbonyl (C=O) groups is 2. The maximum absolute atomic E-state index is 13.9. The molecule has 0 fully saturated rings. The van der Waals surface area contributed by atoms with Gasteiger partial charge in [0, 0.05) is 29.2 Å². The molecule has 0 saturated heterocycles. The number of hydrogen-bond donors (Lipinski definition) is 1. The molecule has 10 heteroatoms. The van der Waals surface area contributed by atoms with Gasteiger partial charge in [0.15, 0.2) is 0 Å². The number of tetrazole rings is 1. The van der Waals surface area contributed by atoms with Crippen molar-refractivity contribution in [3.63, 3.8) is 0 Å². The van der Waals surface area contributed by atoms with Gasteiger partial charge in [-0.05, 0) is 92.6 Å². The van der Waals surface area contributed by atoms with Gasteiger partial charge in [0.05, 0.1) is 0 Å². The molecule has 2 aromatic carbocycles. The van der Waals surface area contributed by atoms with Crippen LogP contribution in [0.5, 0.6) is 0 Å². The number of nitrogens with one attached hydrogen (secondary N) is 1. The van der Waals surface area contributed by atoms with Crippen LogP contribution in [0.15, 0.2) is 73.1 Å². The Morgan fingerprint density at radius 1 is 1.05 bits per heavy atom. The van der Waals surface area contributed by atoms with Crippen LogP contribution in [0.1, 0.15) is 37.9 Å². The zero-order valence-corrected chi connectivity index (χ0v) is 21.1. The Labute approximate surface area is 214 Å². The molecular weight excluding hydrogens is 473 g/mol. The fourth-order valence-corrected chi connectivity index (χ4v) is 3.84. The molecule has 4 rings (SSSR count). The molecule has 0 aliphatic heterocycles. The minimum atomic E-state index is -0.975. The molecule has 0 radical (unpaired) electrons. The van der Waals surface area contributed by atoms with Crippen LogP contribution < -0.4 is 10.2 Å². The predicted octanol–water partition coefficient (Wildman–Crippen LogP) is 3.87. The van der Waals surface area contributed by atoms with E-state index in [0.717, 1.165) is 10.4 Å². The number of pyridine rings is 1. The number of hydrogen-bond acceptors (Lipinski definition) is 6. The number of rotatable bonds is 7. The number of aryl methyl sites for hydroxylation is 1. The Bertz CT molecular complexity index is 1380. The standard InChI is InChI=1S/C27H28FN7O2/c1-18-6-5-7-22(16-18)35(24(19-12-14-29-15-13-19)26(37)30-27(2,3)4)23(36)17-34-32-25(31-33-34)20-8-10-21(28)11-9-20/h5-16,24H,17H2,1-4H3,(H,30,37)/t24-/m0/s1. The lowest BCUT2D eigenvalue weighted by Crippen LogP contribution is -2.50. The predicted molar refractivity (Wildman–Crippen MR) is 137 cm³/mol. The van der Waals surface area contributed by atoms with Crippen LogP contribution in [0.25, 0.3) is 11.4 Å². The molecule has 0 spiro atoms. The number of aromatic nitrogens is 5. The largest absolute Gasteiger partial charge is 0.349 e. The summed E-state index contributed by atoms with van der Waals surface area (Å²) in [6.45, 7) is 7.28. The molecule has 4 aromatic rings. The van der Waals surface area contributed by atoms with Gasteiger partial charge in [-0.3, -0.25) is 19.5 Å². The van der Waals surface area contributed by atoms with Gasteiger partial charge in [-0.15, -0.1) is 10.2 Å². The van der Waals surface area contributed by atoms with Crippen LogP contribution in [0, 0.1) is 12.7 Å². The van der Waals surface area contributed by atoms with E-state index in [1.165, 1.54) is 29.2 Å². The normalized spacial score (nSPS) is 12.1. The van der Waals surface area contributed by atoms with E-state index in [0.29, 0.717) is 16.8 Å². The van der Waals surface area contributed by atoms with Gasteiger partial charge in [0.25, 0.3) is 5.91 Å². The zero-order valence-electron chi connectivity index (χ0n) is 21.1. The fraction of sp³-hybridized carbons (Fsp3) is 0.259. The third-order valence-corrected chi connectivity index (χ3v) is 5.41. The summed E-state index contributed by atoms with van der Waals surface area (Å²) in [6, 6.07) is 15.5. The molecule has 2 aromatic heterocycles. The smallest absolute Gasteiger partial charge is 0.251 e. The van der Waals surface area contributed by atoms with Crippen molar-refractivity contribution in [3.8, 4) is 11.4 Å². The Kier molecular flexibility index (Phi) is 7.37. The van der Waals surface area contributed by atoms with Crippen LogP contribution in [0.2, 0.25) is 0 Å². The topological polar surface area (TPSA) is 106 Å². The molecule has 0 bridgehead atoms. The first-order chi connectivity index (χ1) is 17.6. The summed E-state index contributed by atoms with van der Waals surface area (Å²) >= 11 is 0. The van der Waals surface area contributed by atoms with Gasteiger partial charge in [0.1, 0.15) is 18.4 Å². The Hall–Kier alpha value is -4.47. The average molecular weight is 502 g/mol. The molecule has 1 N–H and O–H groups in total. The summed E-state index contributed by atoms with van der Waals surface area (Å²) in [6.07, 6.45) is 3.17. The summed E-state index contributed by atoms with van der Waals surface area (Å²) < 4.78 is 13.3. The van der Waals surface area contributed by atoms with Crippen LogP contribution in [0.3, 0.4) is 0 Å². The van der Waals surface area contributed by atoms with E-state index in [1.807, 2.05) is 45.9 Å². The second kappa shape index (κ2) is 10.7. The highest BCUT2D eigenvalue weighted by molar-refractivity contribution is 6.01. The van der Waals surface area contributed by atoms with Crippen molar-refractivity contribution < 1.29 is 14.0 Å². The van der Waals surface area contributed by atoms with Crippen LogP contribution >= 0.6 is 0 Å². The van der Waals surface area contributed by atoms with E-state index in [4.69, 9.17) is 0 Å². The Morgan fingerprint density at radius 3 is 2.41 bits per heavy atom. The molecule has 0 saturated carbocycles. The van der Waals surface area contributed by atoms with Crippen molar-refractivity contribution in [2.24, 2.45) is 0 Å². The molecule has 0 aliphatic carbocycles. The molecule has 9 nitrogen and oxygen atoms in total. The van der Waals surface area contributed by atoms with Gasteiger partial charge in [-0.25, -0.2) is 4.39 Å². The molecule has 1 atom stereocenters. The first-order valence-corrected chi connectivity index (χ1v) is 11.8. The van der Waals surface area contributed by atoms with E-state index < -0.39 is 17.5 Å². The van der Waals surface area contributed by atoms with E-state index in [9.17, 15) is 14.0 Å². The highest BCUT2D eigenvalue weighted by atomic mass is 19.1. The summed E-state index contributed by atoms with van der Waals surface area (Å²) in [7, 11) is 0. The maximum atomic E-state index is 13.9. The monoisotopic (exact) mass is 501 g/mol. The molecular formula is C27H28FN7O2. The molecule has 0 unspecified atom stereocenters. The highest BCUT2D eigenvalue weighted by Gasteiger charge is 2.35.